The molecule has 0 aromatic carbocycles. The Kier molecular flexibility index (Phi) is 4.84. The predicted molar refractivity (Wildman–Crippen MR) is 67.0 cm³/mol. The standard InChI is InChI=1S/C11H16ClN3O2/c1-7(2)3-9(13)5-10-11(15(16)17)4-8(12)6-14-10/h4,6-7,9H,3,5,13H2,1-2H3. The second-order valence-corrected chi connectivity index (χ2v) is 4.91. The maximum Gasteiger partial charge on any atom is 0.292 e. The molecule has 0 radical (unpaired) electrons. The van der Waals surface area contributed by atoms with E-state index in [2.05, 4.69) is 18.8 Å². The molecule has 1 heterocycles. The normalized spacial score (nSPS) is 12.8. The van der Waals surface area contributed by atoms with E-state index < -0.39 is 4.92 Å². The number of hydrogen-bond donors (Lipinski definition) is 1. The van der Waals surface area contributed by atoms with Crippen molar-refractivity contribution in [3.63, 3.8) is 0 Å². The topological polar surface area (TPSA) is 82.0 Å². The summed E-state index contributed by atoms with van der Waals surface area (Å²) in [5.41, 5.74) is 6.26. The summed E-state index contributed by atoms with van der Waals surface area (Å²) in [6.07, 6.45) is 2.61. The van der Waals surface area contributed by atoms with Crippen molar-refractivity contribution >= 4 is 17.3 Å². The van der Waals surface area contributed by atoms with Crippen LogP contribution in [-0.2, 0) is 6.42 Å². The van der Waals surface area contributed by atoms with Gasteiger partial charge in [-0.15, -0.1) is 0 Å². The molecule has 1 aromatic heterocycles. The van der Waals surface area contributed by atoms with E-state index in [0.717, 1.165) is 6.42 Å². The van der Waals surface area contributed by atoms with Gasteiger partial charge in [0.25, 0.3) is 5.69 Å². The van der Waals surface area contributed by atoms with Gasteiger partial charge in [0, 0.05) is 24.7 Å². The molecule has 0 spiro atoms. The van der Waals surface area contributed by atoms with E-state index in [-0.39, 0.29) is 16.8 Å². The van der Waals surface area contributed by atoms with Gasteiger partial charge in [0.15, 0.2) is 0 Å². The number of pyridine rings is 1. The van der Waals surface area contributed by atoms with Crippen LogP contribution in [0.2, 0.25) is 5.02 Å². The van der Waals surface area contributed by atoms with Crippen molar-refractivity contribution in [3.05, 3.63) is 33.1 Å². The molecule has 2 N–H and O–H groups in total. The summed E-state index contributed by atoms with van der Waals surface area (Å²) < 4.78 is 0. The van der Waals surface area contributed by atoms with Gasteiger partial charge in [0.2, 0.25) is 0 Å². The zero-order valence-electron chi connectivity index (χ0n) is 9.89. The molecule has 5 nitrogen and oxygen atoms in total. The molecule has 0 bridgehead atoms. The van der Waals surface area contributed by atoms with Gasteiger partial charge in [0.05, 0.1) is 9.95 Å². The predicted octanol–water partition coefficient (Wildman–Crippen LogP) is 2.56. The highest BCUT2D eigenvalue weighted by Crippen LogP contribution is 2.22. The third-order valence-corrected chi connectivity index (χ3v) is 2.55. The van der Waals surface area contributed by atoms with Gasteiger partial charge in [-0.05, 0) is 12.3 Å². The zero-order chi connectivity index (χ0) is 13.0. The maximum absolute atomic E-state index is 10.8. The van der Waals surface area contributed by atoms with Crippen molar-refractivity contribution in [1.29, 1.82) is 0 Å². The van der Waals surface area contributed by atoms with Crippen LogP contribution in [0, 0.1) is 16.0 Å². The summed E-state index contributed by atoms with van der Waals surface area (Å²) in [7, 11) is 0. The Hall–Kier alpha value is -1.20. The molecule has 1 unspecified atom stereocenters. The number of hydrogen-bond acceptors (Lipinski definition) is 4. The van der Waals surface area contributed by atoms with Crippen LogP contribution in [0.15, 0.2) is 12.3 Å². The smallest absolute Gasteiger partial charge is 0.292 e. The zero-order valence-corrected chi connectivity index (χ0v) is 10.6. The van der Waals surface area contributed by atoms with E-state index >= 15 is 0 Å². The number of aromatic nitrogens is 1. The Bertz CT molecular complexity index is 410. The second kappa shape index (κ2) is 5.93. The van der Waals surface area contributed by atoms with Crippen molar-refractivity contribution in [1.82, 2.24) is 4.98 Å². The molecule has 0 fully saturated rings. The lowest BCUT2D eigenvalue weighted by Crippen LogP contribution is -2.25. The highest BCUT2D eigenvalue weighted by Gasteiger charge is 2.18. The van der Waals surface area contributed by atoms with E-state index in [9.17, 15) is 10.1 Å². The first kappa shape index (κ1) is 13.9. The lowest BCUT2D eigenvalue weighted by Gasteiger charge is -2.13. The number of nitro groups is 1. The van der Waals surface area contributed by atoms with E-state index in [0.29, 0.717) is 18.0 Å². The van der Waals surface area contributed by atoms with Gasteiger partial charge in [0.1, 0.15) is 5.69 Å². The molecular formula is C11H16ClN3O2. The highest BCUT2D eigenvalue weighted by atomic mass is 35.5. The Labute approximate surface area is 105 Å². The highest BCUT2D eigenvalue weighted by molar-refractivity contribution is 6.30. The minimum absolute atomic E-state index is 0.0586. The third kappa shape index (κ3) is 4.28. The SMILES string of the molecule is CC(C)CC(N)Cc1ncc(Cl)cc1[N+](=O)[O-]. The van der Waals surface area contributed by atoms with Crippen molar-refractivity contribution < 1.29 is 4.92 Å². The van der Waals surface area contributed by atoms with E-state index in [1.807, 2.05) is 0 Å². The van der Waals surface area contributed by atoms with Crippen molar-refractivity contribution in [2.24, 2.45) is 11.7 Å². The molecule has 0 saturated heterocycles. The molecule has 0 amide bonds. The quantitative estimate of drug-likeness (QED) is 0.649. The Morgan fingerprint density at radius 2 is 2.24 bits per heavy atom. The molecular weight excluding hydrogens is 242 g/mol. The first-order valence-corrected chi connectivity index (χ1v) is 5.82. The number of nitrogens with zero attached hydrogens (tertiary/aromatic N) is 2. The van der Waals surface area contributed by atoms with Crippen molar-refractivity contribution in [2.45, 2.75) is 32.7 Å². The number of nitrogens with two attached hydrogens (primary N) is 1. The van der Waals surface area contributed by atoms with E-state index in [1.165, 1.54) is 12.3 Å². The van der Waals surface area contributed by atoms with Crippen molar-refractivity contribution in [3.8, 4) is 0 Å². The molecule has 0 aliphatic carbocycles. The molecule has 1 atom stereocenters. The van der Waals surface area contributed by atoms with E-state index in [1.54, 1.807) is 0 Å². The van der Waals surface area contributed by atoms with Gasteiger partial charge < -0.3 is 5.73 Å². The van der Waals surface area contributed by atoms with Gasteiger partial charge in [-0.2, -0.15) is 0 Å². The molecule has 0 saturated carbocycles. The minimum Gasteiger partial charge on any atom is -0.327 e. The summed E-state index contributed by atoms with van der Waals surface area (Å²) in [6.45, 7) is 4.12. The Balaban J connectivity index is 2.86. The molecule has 0 aliphatic rings. The maximum atomic E-state index is 10.8. The van der Waals surface area contributed by atoms with Crippen LogP contribution in [0.3, 0.4) is 0 Å². The molecule has 0 aliphatic heterocycles. The fourth-order valence-electron chi connectivity index (χ4n) is 1.71. The summed E-state index contributed by atoms with van der Waals surface area (Å²) in [6, 6.07) is 1.19. The Morgan fingerprint density at radius 1 is 1.59 bits per heavy atom. The Morgan fingerprint density at radius 3 is 2.76 bits per heavy atom. The lowest BCUT2D eigenvalue weighted by molar-refractivity contribution is -0.385. The van der Waals surface area contributed by atoms with Crippen LogP contribution in [0.25, 0.3) is 0 Å². The largest absolute Gasteiger partial charge is 0.327 e. The minimum atomic E-state index is -0.476. The molecule has 1 rings (SSSR count). The first-order valence-electron chi connectivity index (χ1n) is 5.44. The lowest BCUT2D eigenvalue weighted by atomic mass is 10.00. The fraction of sp³-hybridized carbons (Fsp3) is 0.545. The fourth-order valence-corrected chi connectivity index (χ4v) is 1.86. The summed E-state index contributed by atoms with van der Waals surface area (Å²) in [5.74, 6) is 0.455. The number of halogens is 1. The van der Waals surface area contributed by atoms with Crippen LogP contribution in [0.1, 0.15) is 26.0 Å². The van der Waals surface area contributed by atoms with Crippen LogP contribution in [0.5, 0.6) is 0 Å². The van der Waals surface area contributed by atoms with Crippen LogP contribution >= 0.6 is 11.6 Å². The summed E-state index contributed by atoms with van der Waals surface area (Å²) >= 11 is 5.68. The monoisotopic (exact) mass is 257 g/mol. The van der Waals surface area contributed by atoms with Gasteiger partial charge >= 0.3 is 0 Å². The summed E-state index contributed by atoms with van der Waals surface area (Å²) in [4.78, 5) is 14.4. The first-order chi connectivity index (χ1) is 7.90. The van der Waals surface area contributed by atoms with Gasteiger partial charge in [-0.25, -0.2) is 0 Å². The van der Waals surface area contributed by atoms with Crippen LogP contribution in [0.4, 0.5) is 5.69 Å². The average molecular weight is 258 g/mol. The molecule has 17 heavy (non-hydrogen) atoms. The summed E-state index contributed by atoms with van der Waals surface area (Å²) in [5, 5.41) is 11.1. The van der Waals surface area contributed by atoms with Crippen molar-refractivity contribution in [2.75, 3.05) is 0 Å². The van der Waals surface area contributed by atoms with Crippen LogP contribution < -0.4 is 5.73 Å². The van der Waals surface area contributed by atoms with Gasteiger partial charge in [-0.1, -0.05) is 25.4 Å². The average Bonchev–Trinajstić information content (AvgIpc) is 2.19. The molecule has 94 valence electrons. The van der Waals surface area contributed by atoms with Gasteiger partial charge in [-0.3, -0.25) is 15.1 Å². The third-order valence-electron chi connectivity index (χ3n) is 2.34. The second-order valence-electron chi connectivity index (χ2n) is 4.47. The van der Waals surface area contributed by atoms with Crippen LogP contribution in [-0.4, -0.2) is 15.9 Å². The number of rotatable bonds is 5. The molecule has 6 heteroatoms. The molecule has 1 aromatic rings. The van der Waals surface area contributed by atoms with E-state index in [4.69, 9.17) is 17.3 Å².